The number of hydrogen-bond donors (Lipinski definition) is 0. The molecule has 2 aromatic carbocycles. The second kappa shape index (κ2) is 5.48. The molecular formula is C22H23NO2. The van der Waals surface area contributed by atoms with Gasteiger partial charge in [0.2, 0.25) is 0 Å². The third kappa shape index (κ3) is 2.22. The van der Waals surface area contributed by atoms with E-state index in [4.69, 9.17) is 4.74 Å². The molecule has 4 rings (SSSR count). The Bertz CT molecular complexity index is 999. The van der Waals surface area contributed by atoms with Gasteiger partial charge >= 0.3 is 5.97 Å². The van der Waals surface area contributed by atoms with Gasteiger partial charge in [-0.3, -0.25) is 4.79 Å². The van der Waals surface area contributed by atoms with Gasteiger partial charge in [0.15, 0.2) is 0 Å². The lowest BCUT2D eigenvalue weighted by molar-refractivity contribution is -0.142. The van der Waals surface area contributed by atoms with Gasteiger partial charge in [-0.05, 0) is 30.5 Å². The van der Waals surface area contributed by atoms with Crippen molar-refractivity contribution in [1.29, 1.82) is 0 Å². The predicted molar refractivity (Wildman–Crippen MR) is 101 cm³/mol. The summed E-state index contributed by atoms with van der Waals surface area (Å²) in [5.41, 5.74) is 7.32. The Labute approximate surface area is 148 Å². The van der Waals surface area contributed by atoms with E-state index >= 15 is 0 Å². The molecule has 1 aromatic heterocycles. The maximum Gasteiger partial charge on any atom is 0.306 e. The number of carbonyl (C=O) groups excluding carboxylic acids is 1. The quantitative estimate of drug-likeness (QED) is 0.633. The second-order valence-corrected chi connectivity index (χ2v) is 7.39. The van der Waals surface area contributed by atoms with Gasteiger partial charge in [0.1, 0.15) is 0 Å². The fraction of sp³-hybridized carbons (Fsp3) is 0.318. The normalized spacial score (nSPS) is 18.7. The summed E-state index contributed by atoms with van der Waals surface area (Å²) in [6, 6.07) is 15.0. The number of fused-ring (bicyclic) bond motifs is 5. The number of para-hydroxylation sites is 1. The van der Waals surface area contributed by atoms with E-state index in [1.54, 1.807) is 0 Å². The first-order valence-electron chi connectivity index (χ1n) is 8.71. The van der Waals surface area contributed by atoms with Gasteiger partial charge in [-0.25, -0.2) is 0 Å². The van der Waals surface area contributed by atoms with E-state index in [1.165, 1.54) is 46.0 Å². The van der Waals surface area contributed by atoms with Crippen LogP contribution in [0.15, 0.2) is 42.5 Å². The monoisotopic (exact) mass is 333 g/mol. The zero-order chi connectivity index (χ0) is 17.8. The third-order valence-electron chi connectivity index (χ3n) is 5.64. The van der Waals surface area contributed by atoms with Crippen molar-refractivity contribution in [2.24, 2.45) is 0 Å². The molecule has 0 saturated carbocycles. The molecule has 2 heterocycles. The van der Waals surface area contributed by atoms with E-state index in [2.05, 4.69) is 67.8 Å². The molecule has 3 aromatic rings. The second-order valence-electron chi connectivity index (χ2n) is 7.39. The summed E-state index contributed by atoms with van der Waals surface area (Å²) in [6.07, 6.45) is 0.380. The first-order chi connectivity index (χ1) is 12.0. The Morgan fingerprint density at radius 2 is 1.92 bits per heavy atom. The lowest BCUT2D eigenvalue weighted by atomic mass is 9.74. The van der Waals surface area contributed by atoms with Gasteiger partial charge in [-0.2, -0.15) is 0 Å². The van der Waals surface area contributed by atoms with E-state index in [0.29, 0.717) is 6.42 Å². The van der Waals surface area contributed by atoms with E-state index in [0.717, 1.165) is 6.54 Å². The van der Waals surface area contributed by atoms with Crippen LogP contribution >= 0.6 is 0 Å². The summed E-state index contributed by atoms with van der Waals surface area (Å²) in [5.74, 6) is -0.161. The van der Waals surface area contributed by atoms with Gasteiger partial charge in [0, 0.05) is 22.9 Å². The highest BCUT2D eigenvalue weighted by Gasteiger charge is 2.38. The van der Waals surface area contributed by atoms with E-state index in [1.807, 2.05) is 0 Å². The Morgan fingerprint density at radius 3 is 2.68 bits per heavy atom. The highest BCUT2D eigenvalue weighted by molar-refractivity contribution is 5.95. The van der Waals surface area contributed by atoms with Crippen LogP contribution in [0, 0.1) is 13.8 Å². The van der Waals surface area contributed by atoms with Crippen molar-refractivity contribution < 1.29 is 9.53 Å². The Hall–Kier alpha value is -2.55. The van der Waals surface area contributed by atoms with Gasteiger partial charge < -0.3 is 9.30 Å². The Balaban J connectivity index is 2.04. The SMILES string of the molecule is COC(=O)CC1(C)Cn2c(c(C)c3cccc(C)c32)-c2ccccc21. The summed E-state index contributed by atoms with van der Waals surface area (Å²) >= 11 is 0. The Kier molecular flexibility index (Phi) is 3.50. The number of hydrogen-bond acceptors (Lipinski definition) is 2. The van der Waals surface area contributed by atoms with Crippen molar-refractivity contribution in [2.75, 3.05) is 7.11 Å². The van der Waals surface area contributed by atoms with Gasteiger partial charge in [0.05, 0.1) is 24.7 Å². The maximum absolute atomic E-state index is 12.1. The van der Waals surface area contributed by atoms with Crippen molar-refractivity contribution >= 4 is 16.9 Å². The van der Waals surface area contributed by atoms with Gasteiger partial charge in [-0.15, -0.1) is 0 Å². The fourth-order valence-corrected chi connectivity index (χ4v) is 4.46. The highest BCUT2D eigenvalue weighted by atomic mass is 16.5. The summed E-state index contributed by atoms with van der Waals surface area (Å²) in [5, 5.41) is 1.30. The number of nitrogens with zero attached hydrogens (tertiary/aromatic N) is 1. The lowest BCUT2D eigenvalue weighted by Crippen LogP contribution is -2.35. The molecule has 1 aliphatic rings. The molecule has 0 N–H and O–H groups in total. The minimum absolute atomic E-state index is 0.161. The minimum Gasteiger partial charge on any atom is -0.469 e. The average Bonchev–Trinajstić information content (AvgIpc) is 2.88. The minimum atomic E-state index is -0.280. The van der Waals surface area contributed by atoms with Crippen LogP contribution in [0.3, 0.4) is 0 Å². The van der Waals surface area contributed by atoms with Crippen LogP contribution in [0.2, 0.25) is 0 Å². The number of methoxy groups -OCH3 is 1. The van der Waals surface area contributed by atoms with Gasteiger partial charge in [-0.1, -0.05) is 49.4 Å². The number of ether oxygens (including phenoxy) is 1. The number of rotatable bonds is 2. The number of esters is 1. The molecule has 1 unspecified atom stereocenters. The van der Waals surface area contributed by atoms with Gasteiger partial charge in [0.25, 0.3) is 0 Å². The first kappa shape index (κ1) is 15.9. The van der Waals surface area contributed by atoms with E-state index in [-0.39, 0.29) is 11.4 Å². The smallest absolute Gasteiger partial charge is 0.306 e. The molecule has 0 bridgehead atoms. The van der Waals surface area contributed by atoms with Crippen LogP contribution in [0.5, 0.6) is 0 Å². The molecule has 25 heavy (non-hydrogen) atoms. The predicted octanol–water partition coefficient (Wildman–Crippen LogP) is 4.76. The van der Waals surface area contributed by atoms with Crippen LogP contribution in [-0.2, 0) is 21.5 Å². The van der Waals surface area contributed by atoms with Crippen molar-refractivity contribution in [3.63, 3.8) is 0 Å². The topological polar surface area (TPSA) is 31.2 Å². The number of aromatic nitrogens is 1. The molecule has 128 valence electrons. The van der Waals surface area contributed by atoms with Crippen LogP contribution in [-0.4, -0.2) is 17.6 Å². The molecule has 3 nitrogen and oxygen atoms in total. The van der Waals surface area contributed by atoms with E-state index in [9.17, 15) is 4.79 Å². The summed E-state index contributed by atoms with van der Waals surface area (Å²) < 4.78 is 7.40. The lowest BCUT2D eigenvalue weighted by Gasteiger charge is -2.37. The zero-order valence-corrected chi connectivity index (χ0v) is 15.2. The molecule has 0 amide bonds. The third-order valence-corrected chi connectivity index (χ3v) is 5.64. The molecule has 1 atom stereocenters. The number of aryl methyl sites for hydroxylation is 2. The van der Waals surface area contributed by atoms with E-state index < -0.39 is 0 Å². The molecule has 0 spiro atoms. The van der Waals surface area contributed by atoms with Crippen molar-refractivity contribution in [3.8, 4) is 11.3 Å². The molecule has 0 radical (unpaired) electrons. The molecule has 3 heteroatoms. The number of benzene rings is 2. The summed E-state index contributed by atoms with van der Waals surface area (Å²) in [4.78, 5) is 12.1. The fourth-order valence-electron chi connectivity index (χ4n) is 4.46. The standard InChI is InChI=1S/C22H23NO2/c1-14-8-7-10-16-15(2)21-17-9-5-6-11-18(17)22(3,12-19(24)25-4)13-23(21)20(14)16/h5-11H,12-13H2,1-4H3. The molecule has 0 saturated heterocycles. The summed E-state index contributed by atoms with van der Waals surface area (Å²) in [7, 11) is 1.46. The average molecular weight is 333 g/mol. The van der Waals surface area contributed by atoms with Crippen LogP contribution in [0.1, 0.15) is 30.0 Å². The first-order valence-corrected chi connectivity index (χ1v) is 8.71. The number of carbonyl (C=O) groups is 1. The Morgan fingerprint density at radius 1 is 1.16 bits per heavy atom. The largest absolute Gasteiger partial charge is 0.469 e. The molecule has 1 aliphatic heterocycles. The van der Waals surface area contributed by atoms with Crippen molar-refractivity contribution in [3.05, 3.63) is 59.2 Å². The maximum atomic E-state index is 12.1. The van der Waals surface area contributed by atoms with Crippen LogP contribution < -0.4 is 0 Å². The van der Waals surface area contributed by atoms with Crippen LogP contribution in [0.4, 0.5) is 0 Å². The summed E-state index contributed by atoms with van der Waals surface area (Å²) in [6.45, 7) is 7.31. The molecular weight excluding hydrogens is 310 g/mol. The molecule has 0 fully saturated rings. The van der Waals surface area contributed by atoms with Crippen molar-refractivity contribution in [2.45, 2.75) is 39.2 Å². The highest BCUT2D eigenvalue weighted by Crippen LogP contribution is 2.46. The zero-order valence-electron chi connectivity index (χ0n) is 15.2. The van der Waals surface area contributed by atoms with Crippen molar-refractivity contribution in [1.82, 2.24) is 4.57 Å². The van der Waals surface area contributed by atoms with Crippen LogP contribution in [0.25, 0.3) is 22.2 Å². The molecule has 0 aliphatic carbocycles.